The van der Waals surface area contributed by atoms with Crippen LogP contribution in [0.4, 0.5) is 5.82 Å². The van der Waals surface area contributed by atoms with Gasteiger partial charge in [-0.15, -0.1) is 16.6 Å². The maximum Gasteiger partial charge on any atom is 0.272 e. The Morgan fingerprint density at radius 2 is 2.25 bits per heavy atom. The minimum absolute atomic E-state index is 0.254. The summed E-state index contributed by atoms with van der Waals surface area (Å²) in [4.78, 5) is 14.1. The zero-order valence-corrected chi connectivity index (χ0v) is 11.5. The highest BCUT2D eigenvalue weighted by Gasteiger charge is 2.16. The second kappa shape index (κ2) is 6.87. The van der Waals surface area contributed by atoms with E-state index in [-0.39, 0.29) is 18.2 Å². The van der Waals surface area contributed by atoms with Gasteiger partial charge in [0.15, 0.2) is 11.5 Å². The molecule has 1 aliphatic heterocycles. The van der Waals surface area contributed by atoms with Crippen molar-refractivity contribution in [2.45, 2.75) is 18.9 Å². The molecule has 0 aromatic carbocycles. The minimum Gasteiger partial charge on any atom is -0.382 e. The van der Waals surface area contributed by atoms with Crippen LogP contribution >= 0.6 is 0 Å². The van der Waals surface area contributed by atoms with Crippen molar-refractivity contribution >= 4 is 11.7 Å². The van der Waals surface area contributed by atoms with E-state index in [4.69, 9.17) is 11.2 Å². The minimum atomic E-state index is -0.465. The molecule has 6 nitrogen and oxygen atoms in total. The lowest BCUT2D eigenvalue weighted by atomic mass is 10.3. The van der Waals surface area contributed by atoms with Crippen molar-refractivity contribution in [3.63, 3.8) is 0 Å². The number of hydrogen-bond donors (Lipinski definition) is 1. The van der Waals surface area contributed by atoms with E-state index in [0.29, 0.717) is 0 Å². The smallest absolute Gasteiger partial charge is 0.272 e. The number of nitrogens with one attached hydrogen (secondary N) is 1. The largest absolute Gasteiger partial charge is 0.382 e. The van der Waals surface area contributed by atoms with Gasteiger partial charge in [0, 0.05) is 20.2 Å². The molecule has 2 heterocycles. The van der Waals surface area contributed by atoms with Gasteiger partial charge in [-0.3, -0.25) is 4.79 Å². The predicted octanol–water partition coefficient (Wildman–Crippen LogP) is 0.455. The van der Waals surface area contributed by atoms with E-state index in [1.54, 1.807) is 6.07 Å². The molecule has 1 unspecified atom stereocenters. The number of carbonyl (C=O) groups is 1. The predicted molar refractivity (Wildman–Crippen MR) is 75.4 cm³/mol. The topological polar surface area (TPSA) is 67.3 Å². The van der Waals surface area contributed by atoms with Crippen molar-refractivity contribution in [3.05, 3.63) is 17.8 Å². The fourth-order valence-electron chi connectivity index (χ4n) is 2.09. The number of anilines is 1. The van der Waals surface area contributed by atoms with E-state index in [2.05, 4.69) is 26.3 Å². The van der Waals surface area contributed by atoms with Crippen molar-refractivity contribution in [1.29, 1.82) is 0 Å². The quantitative estimate of drug-likeness (QED) is 0.790. The van der Waals surface area contributed by atoms with Crippen LogP contribution in [0, 0.1) is 12.3 Å². The van der Waals surface area contributed by atoms with Crippen LogP contribution in [0.5, 0.6) is 0 Å². The molecule has 1 amide bonds. The molecule has 2 rings (SSSR count). The first kappa shape index (κ1) is 14.3. The van der Waals surface area contributed by atoms with Crippen LogP contribution in [0.15, 0.2) is 12.1 Å². The fourth-order valence-corrected chi connectivity index (χ4v) is 2.09. The summed E-state index contributed by atoms with van der Waals surface area (Å²) >= 11 is 0. The third-order valence-electron chi connectivity index (χ3n) is 3.15. The number of ether oxygens (including phenoxy) is 1. The van der Waals surface area contributed by atoms with Crippen LogP contribution in [0.1, 0.15) is 23.3 Å². The molecule has 1 saturated heterocycles. The van der Waals surface area contributed by atoms with Crippen molar-refractivity contribution in [3.8, 4) is 12.3 Å². The van der Waals surface area contributed by atoms with Crippen LogP contribution < -0.4 is 10.2 Å². The van der Waals surface area contributed by atoms with Crippen LogP contribution in [-0.2, 0) is 4.74 Å². The number of terminal acetylenes is 1. The van der Waals surface area contributed by atoms with Crippen LogP contribution in [0.2, 0.25) is 0 Å². The molecule has 1 aromatic rings. The van der Waals surface area contributed by atoms with Gasteiger partial charge in [-0.05, 0) is 25.0 Å². The van der Waals surface area contributed by atoms with E-state index in [9.17, 15) is 4.79 Å². The van der Waals surface area contributed by atoms with Crippen molar-refractivity contribution in [1.82, 2.24) is 15.5 Å². The third-order valence-corrected chi connectivity index (χ3v) is 3.15. The molecule has 0 radical (unpaired) electrons. The highest BCUT2D eigenvalue weighted by molar-refractivity contribution is 5.92. The zero-order chi connectivity index (χ0) is 14.4. The SMILES string of the molecule is C#CC(COC)NC(=O)c1ccc(N2CCCC2)nn1. The molecule has 0 saturated carbocycles. The van der Waals surface area contributed by atoms with Gasteiger partial charge < -0.3 is 15.0 Å². The Morgan fingerprint density at radius 1 is 1.50 bits per heavy atom. The van der Waals surface area contributed by atoms with Crippen molar-refractivity contribution in [2.75, 3.05) is 31.7 Å². The molecule has 1 N–H and O–H groups in total. The van der Waals surface area contributed by atoms with E-state index >= 15 is 0 Å². The van der Waals surface area contributed by atoms with Gasteiger partial charge in [-0.2, -0.15) is 0 Å². The first-order valence-corrected chi connectivity index (χ1v) is 6.59. The fraction of sp³-hybridized carbons (Fsp3) is 0.500. The highest BCUT2D eigenvalue weighted by Crippen LogP contribution is 2.16. The Kier molecular flexibility index (Phi) is 4.91. The van der Waals surface area contributed by atoms with Gasteiger partial charge in [-0.1, -0.05) is 5.92 Å². The molecule has 1 atom stereocenters. The molecular formula is C14H18N4O2. The number of methoxy groups -OCH3 is 1. The van der Waals surface area contributed by atoms with Crippen molar-refractivity contribution < 1.29 is 9.53 Å². The molecule has 20 heavy (non-hydrogen) atoms. The zero-order valence-electron chi connectivity index (χ0n) is 11.5. The molecule has 0 spiro atoms. The van der Waals surface area contributed by atoms with Gasteiger partial charge in [0.2, 0.25) is 0 Å². The average molecular weight is 274 g/mol. The van der Waals surface area contributed by atoms with Crippen LogP contribution in [0.3, 0.4) is 0 Å². The Labute approximate surface area is 118 Å². The Morgan fingerprint density at radius 3 is 2.80 bits per heavy atom. The first-order valence-electron chi connectivity index (χ1n) is 6.59. The number of rotatable bonds is 5. The molecule has 106 valence electrons. The lowest BCUT2D eigenvalue weighted by Gasteiger charge is -2.15. The first-order chi connectivity index (χ1) is 9.74. The number of amides is 1. The number of carbonyl (C=O) groups excluding carboxylic acids is 1. The van der Waals surface area contributed by atoms with E-state index < -0.39 is 6.04 Å². The van der Waals surface area contributed by atoms with Gasteiger partial charge in [-0.25, -0.2) is 0 Å². The normalized spacial score (nSPS) is 15.7. The maximum absolute atomic E-state index is 11.9. The third kappa shape index (κ3) is 3.45. The summed E-state index contributed by atoms with van der Waals surface area (Å²) in [5.74, 6) is 2.91. The Bertz CT molecular complexity index is 489. The standard InChI is InChI=1S/C14H18N4O2/c1-3-11(10-20-2)15-14(19)12-6-7-13(17-16-12)18-8-4-5-9-18/h1,6-7,11H,4-5,8-10H2,2H3,(H,15,19). The molecule has 6 heteroatoms. The Balaban J connectivity index is 1.98. The summed E-state index contributed by atoms with van der Waals surface area (Å²) in [7, 11) is 1.53. The molecule has 1 aliphatic rings. The summed E-state index contributed by atoms with van der Waals surface area (Å²) in [6, 6.07) is 3.01. The van der Waals surface area contributed by atoms with Gasteiger partial charge in [0.1, 0.15) is 6.04 Å². The molecular weight excluding hydrogens is 256 g/mol. The van der Waals surface area contributed by atoms with Crippen LogP contribution in [0.25, 0.3) is 0 Å². The summed E-state index contributed by atoms with van der Waals surface area (Å²) in [5.41, 5.74) is 0.254. The van der Waals surface area contributed by atoms with Crippen LogP contribution in [-0.4, -0.2) is 49.0 Å². The number of hydrogen-bond acceptors (Lipinski definition) is 5. The van der Waals surface area contributed by atoms with E-state index in [0.717, 1.165) is 18.9 Å². The summed E-state index contributed by atoms with van der Waals surface area (Å²) in [6.07, 6.45) is 7.65. The summed E-state index contributed by atoms with van der Waals surface area (Å²) < 4.78 is 4.92. The maximum atomic E-state index is 11.9. The summed E-state index contributed by atoms with van der Waals surface area (Å²) in [5, 5.41) is 10.7. The lowest BCUT2D eigenvalue weighted by molar-refractivity contribution is 0.0913. The molecule has 1 fully saturated rings. The monoisotopic (exact) mass is 274 g/mol. The van der Waals surface area contributed by atoms with Gasteiger partial charge in [0.05, 0.1) is 6.61 Å². The Hall–Kier alpha value is -2.13. The highest BCUT2D eigenvalue weighted by atomic mass is 16.5. The number of nitrogens with zero attached hydrogens (tertiary/aromatic N) is 3. The van der Waals surface area contributed by atoms with Gasteiger partial charge in [0.25, 0.3) is 5.91 Å². The lowest BCUT2D eigenvalue weighted by Crippen LogP contribution is -2.37. The number of aromatic nitrogens is 2. The molecule has 0 aliphatic carbocycles. The second-order valence-corrected chi connectivity index (χ2v) is 4.62. The second-order valence-electron chi connectivity index (χ2n) is 4.62. The summed E-state index contributed by atoms with van der Waals surface area (Å²) in [6.45, 7) is 2.25. The molecule has 0 bridgehead atoms. The van der Waals surface area contributed by atoms with Crippen molar-refractivity contribution in [2.24, 2.45) is 0 Å². The van der Waals surface area contributed by atoms with E-state index in [1.165, 1.54) is 20.0 Å². The average Bonchev–Trinajstić information content (AvgIpc) is 3.01. The van der Waals surface area contributed by atoms with E-state index in [1.807, 2.05) is 6.07 Å². The molecule has 1 aromatic heterocycles. The van der Waals surface area contributed by atoms with Gasteiger partial charge >= 0.3 is 0 Å².